The normalized spacial score (nSPS) is 14.1. The van der Waals surface area contributed by atoms with Crippen LogP contribution in [0.15, 0.2) is 83.9 Å². The maximum absolute atomic E-state index is 13.3. The van der Waals surface area contributed by atoms with E-state index in [0.29, 0.717) is 24.4 Å². The Morgan fingerprint density at radius 3 is 2.33 bits per heavy atom. The van der Waals surface area contributed by atoms with Crippen LogP contribution in [0.25, 0.3) is 16.6 Å². The van der Waals surface area contributed by atoms with Crippen molar-refractivity contribution in [1.82, 2.24) is 9.55 Å². The number of ether oxygens (including phenoxy) is 1. The molecule has 0 spiro atoms. The van der Waals surface area contributed by atoms with Crippen LogP contribution in [0.4, 0.5) is 17.2 Å². The fraction of sp³-hybridized carbons (Fsp3) is 0.167. The van der Waals surface area contributed by atoms with Crippen molar-refractivity contribution in [3.05, 3.63) is 89.3 Å². The first kappa shape index (κ1) is 18.4. The lowest BCUT2D eigenvalue weighted by Gasteiger charge is -2.30. The van der Waals surface area contributed by atoms with Gasteiger partial charge in [-0.15, -0.1) is 0 Å². The minimum absolute atomic E-state index is 0.0282. The van der Waals surface area contributed by atoms with E-state index in [1.165, 1.54) is 0 Å². The smallest absolute Gasteiger partial charge is 0.193 e. The number of anilines is 3. The highest BCUT2D eigenvalue weighted by molar-refractivity contribution is 5.93. The number of hydrogen-bond acceptors (Lipinski definition) is 5. The zero-order valence-corrected chi connectivity index (χ0v) is 16.5. The highest BCUT2D eigenvalue weighted by atomic mass is 16.5. The number of para-hydroxylation sites is 2. The molecular formula is C24H22N4O2. The van der Waals surface area contributed by atoms with Gasteiger partial charge in [-0.25, -0.2) is 0 Å². The van der Waals surface area contributed by atoms with E-state index in [1.807, 2.05) is 60.7 Å². The van der Waals surface area contributed by atoms with Crippen molar-refractivity contribution < 1.29 is 4.74 Å². The van der Waals surface area contributed by atoms with E-state index in [1.54, 1.807) is 18.5 Å². The fourth-order valence-corrected chi connectivity index (χ4v) is 3.91. The van der Waals surface area contributed by atoms with Gasteiger partial charge in [-0.2, -0.15) is 0 Å². The summed E-state index contributed by atoms with van der Waals surface area (Å²) in [5.74, 6) is 0.700. The molecule has 150 valence electrons. The van der Waals surface area contributed by atoms with Crippen LogP contribution in [0.5, 0.6) is 0 Å². The lowest BCUT2D eigenvalue weighted by Crippen LogP contribution is -2.37. The standard InChI is InChI=1S/C24H22N4O2/c29-22-15-23(26-18-7-3-1-4-8-18)28(19-9-5-2-6-10-19)21-17-25-16-20(24(21)22)27-11-13-30-14-12-27/h1-10,15-17,26H,11-14H2. The molecule has 1 N–H and O–H groups in total. The maximum Gasteiger partial charge on any atom is 0.193 e. The zero-order valence-electron chi connectivity index (χ0n) is 16.5. The van der Waals surface area contributed by atoms with Crippen LogP contribution in [0.1, 0.15) is 0 Å². The number of nitrogens with zero attached hydrogens (tertiary/aromatic N) is 3. The Hall–Kier alpha value is -3.64. The van der Waals surface area contributed by atoms with Gasteiger partial charge in [0, 0.05) is 30.5 Å². The van der Waals surface area contributed by atoms with Gasteiger partial charge in [0.2, 0.25) is 0 Å². The average molecular weight is 398 g/mol. The largest absolute Gasteiger partial charge is 0.378 e. The summed E-state index contributed by atoms with van der Waals surface area (Å²) in [5, 5.41) is 4.08. The summed E-state index contributed by atoms with van der Waals surface area (Å²) in [4.78, 5) is 20.0. The minimum Gasteiger partial charge on any atom is -0.378 e. The molecule has 5 rings (SSSR count). The molecule has 2 aromatic heterocycles. The number of rotatable bonds is 4. The third kappa shape index (κ3) is 3.42. The molecule has 6 nitrogen and oxygen atoms in total. The number of pyridine rings is 2. The van der Waals surface area contributed by atoms with Crippen molar-refractivity contribution in [2.75, 3.05) is 36.5 Å². The lowest BCUT2D eigenvalue weighted by molar-refractivity contribution is 0.123. The maximum atomic E-state index is 13.3. The van der Waals surface area contributed by atoms with E-state index < -0.39 is 0 Å². The van der Waals surface area contributed by atoms with Crippen LogP contribution < -0.4 is 15.6 Å². The number of morpholine rings is 1. The molecule has 6 heteroatoms. The molecule has 1 fully saturated rings. The Labute approximate surface area is 174 Å². The highest BCUT2D eigenvalue weighted by Crippen LogP contribution is 2.29. The van der Waals surface area contributed by atoms with Gasteiger partial charge in [0.15, 0.2) is 5.43 Å². The Morgan fingerprint density at radius 2 is 1.60 bits per heavy atom. The molecule has 0 bridgehead atoms. The van der Waals surface area contributed by atoms with Crippen molar-refractivity contribution in [1.29, 1.82) is 0 Å². The van der Waals surface area contributed by atoms with E-state index in [4.69, 9.17) is 4.74 Å². The molecule has 1 saturated heterocycles. The quantitative estimate of drug-likeness (QED) is 0.564. The summed E-state index contributed by atoms with van der Waals surface area (Å²) in [5.41, 5.74) is 3.48. The van der Waals surface area contributed by atoms with Crippen molar-refractivity contribution in [3.8, 4) is 5.69 Å². The van der Waals surface area contributed by atoms with Gasteiger partial charge < -0.3 is 15.0 Å². The minimum atomic E-state index is -0.0282. The third-order valence-electron chi connectivity index (χ3n) is 5.31. The average Bonchev–Trinajstić information content (AvgIpc) is 2.81. The van der Waals surface area contributed by atoms with Crippen LogP contribution in [-0.4, -0.2) is 35.9 Å². The lowest BCUT2D eigenvalue weighted by atomic mass is 10.1. The van der Waals surface area contributed by atoms with E-state index in [0.717, 1.165) is 35.7 Å². The van der Waals surface area contributed by atoms with Crippen LogP contribution in [0.2, 0.25) is 0 Å². The first-order valence-electron chi connectivity index (χ1n) is 10.1. The molecule has 1 aliphatic rings. The van der Waals surface area contributed by atoms with E-state index in [2.05, 4.69) is 19.8 Å². The molecule has 1 aliphatic heterocycles. The molecule has 0 atom stereocenters. The summed E-state index contributed by atoms with van der Waals surface area (Å²) in [6, 6.07) is 21.5. The van der Waals surface area contributed by atoms with Crippen molar-refractivity contribution >= 4 is 28.1 Å². The second-order valence-corrected chi connectivity index (χ2v) is 7.21. The first-order chi connectivity index (χ1) is 14.8. The van der Waals surface area contributed by atoms with Gasteiger partial charge in [0.05, 0.1) is 42.2 Å². The Balaban J connectivity index is 1.75. The first-order valence-corrected chi connectivity index (χ1v) is 10.1. The predicted molar refractivity (Wildman–Crippen MR) is 120 cm³/mol. The van der Waals surface area contributed by atoms with E-state index >= 15 is 0 Å². The topological polar surface area (TPSA) is 59.4 Å². The summed E-state index contributed by atoms with van der Waals surface area (Å²) >= 11 is 0. The SMILES string of the molecule is O=c1cc(Nc2ccccc2)n(-c2ccccc2)c2cncc(N3CCOCC3)c12. The zero-order chi connectivity index (χ0) is 20.3. The van der Waals surface area contributed by atoms with Gasteiger partial charge in [0.1, 0.15) is 5.82 Å². The Kier molecular flexibility index (Phi) is 4.91. The number of hydrogen-bond donors (Lipinski definition) is 1. The van der Waals surface area contributed by atoms with Gasteiger partial charge in [-0.05, 0) is 24.3 Å². The number of benzene rings is 2. The molecular weight excluding hydrogens is 376 g/mol. The molecule has 0 saturated carbocycles. The molecule has 3 heterocycles. The third-order valence-corrected chi connectivity index (χ3v) is 5.31. The molecule has 30 heavy (non-hydrogen) atoms. The highest BCUT2D eigenvalue weighted by Gasteiger charge is 2.19. The number of aromatic nitrogens is 2. The van der Waals surface area contributed by atoms with Crippen LogP contribution in [0.3, 0.4) is 0 Å². The number of fused-ring (bicyclic) bond motifs is 1. The summed E-state index contributed by atoms with van der Waals surface area (Å²) in [7, 11) is 0. The fourth-order valence-electron chi connectivity index (χ4n) is 3.91. The molecule has 0 aliphatic carbocycles. The van der Waals surface area contributed by atoms with Crippen molar-refractivity contribution in [3.63, 3.8) is 0 Å². The summed E-state index contributed by atoms with van der Waals surface area (Å²) in [6.07, 6.45) is 3.55. The Morgan fingerprint density at radius 1 is 0.900 bits per heavy atom. The van der Waals surface area contributed by atoms with Crippen LogP contribution in [0, 0.1) is 0 Å². The second-order valence-electron chi connectivity index (χ2n) is 7.21. The van der Waals surface area contributed by atoms with E-state index in [-0.39, 0.29) is 5.43 Å². The van der Waals surface area contributed by atoms with Gasteiger partial charge >= 0.3 is 0 Å². The molecule has 0 radical (unpaired) electrons. The molecule has 0 unspecified atom stereocenters. The van der Waals surface area contributed by atoms with Gasteiger partial charge in [0.25, 0.3) is 0 Å². The van der Waals surface area contributed by atoms with E-state index in [9.17, 15) is 4.79 Å². The molecule has 4 aromatic rings. The second kappa shape index (κ2) is 8.00. The van der Waals surface area contributed by atoms with Crippen molar-refractivity contribution in [2.45, 2.75) is 0 Å². The predicted octanol–water partition coefficient (Wildman–Crippen LogP) is 3.97. The van der Waals surface area contributed by atoms with Gasteiger partial charge in [-0.3, -0.25) is 14.3 Å². The molecule has 0 amide bonds. The summed E-state index contributed by atoms with van der Waals surface area (Å²) in [6.45, 7) is 2.79. The number of nitrogens with one attached hydrogen (secondary N) is 1. The summed E-state index contributed by atoms with van der Waals surface area (Å²) < 4.78 is 7.54. The molecule has 2 aromatic carbocycles. The van der Waals surface area contributed by atoms with Crippen LogP contribution >= 0.6 is 0 Å². The van der Waals surface area contributed by atoms with Gasteiger partial charge in [-0.1, -0.05) is 36.4 Å². The van der Waals surface area contributed by atoms with Crippen LogP contribution in [-0.2, 0) is 4.74 Å². The Bertz CT molecular complexity index is 1220. The monoisotopic (exact) mass is 398 g/mol. The van der Waals surface area contributed by atoms with Crippen molar-refractivity contribution in [2.24, 2.45) is 0 Å².